The first-order valence-corrected chi connectivity index (χ1v) is 9.93. The highest BCUT2D eigenvalue weighted by atomic mass is 15.4. The molecule has 8 heteroatoms. The molecule has 146 valence electrons. The second-order valence-corrected chi connectivity index (χ2v) is 7.47. The van der Waals surface area contributed by atoms with Gasteiger partial charge in [0.15, 0.2) is 0 Å². The van der Waals surface area contributed by atoms with E-state index >= 15 is 0 Å². The topological polar surface area (TPSA) is 85.0 Å². The van der Waals surface area contributed by atoms with Crippen LogP contribution in [0.1, 0.15) is 24.1 Å². The Hall–Kier alpha value is -3.42. The summed E-state index contributed by atoms with van der Waals surface area (Å²) < 4.78 is 1.68. The molecule has 0 radical (unpaired) electrons. The van der Waals surface area contributed by atoms with Crippen molar-refractivity contribution in [2.24, 2.45) is 5.92 Å². The highest BCUT2D eigenvalue weighted by Crippen LogP contribution is 2.25. The third-order valence-electron chi connectivity index (χ3n) is 5.58. The first kappa shape index (κ1) is 17.7. The van der Waals surface area contributed by atoms with Gasteiger partial charge in [0, 0.05) is 19.3 Å². The summed E-state index contributed by atoms with van der Waals surface area (Å²) in [5.74, 6) is 1.95. The van der Waals surface area contributed by atoms with E-state index in [4.69, 9.17) is 4.98 Å². The fourth-order valence-corrected chi connectivity index (χ4v) is 3.96. The van der Waals surface area contributed by atoms with E-state index in [-0.39, 0.29) is 0 Å². The number of nitrogens with zero attached hydrogens (tertiary/aromatic N) is 8. The van der Waals surface area contributed by atoms with Crippen molar-refractivity contribution in [1.29, 1.82) is 0 Å². The van der Waals surface area contributed by atoms with Crippen molar-refractivity contribution >= 4 is 11.7 Å². The Bertz CT molecular complexity index is 1120. The Kier molecular flexibility index (Phi) is 4.59. The van der Waals surface area contributed by atoms with Gasteiger partial charge in [-0.2, -0.15) is 14.6 Å². The monoisotopic (exact) mass is 386 g/mol. The normalized spacial score (nSPS) is 15.1. The molecule has 1 saturated heterocycles. The number of aryl methyl sites for hydroxylation is 1. The number of fused-ring (bicyclic) bond motifs is 1. The number of benzene rings is 1. The van der Waals surface area contributed by atoms with Crippen LogP contribution in [0, 0.1) is 12.8 Å². The number of anilines is 1. The molecule has 29 heavy (non-hydrogen) atoms. The second-order valence-electron chi connectivity index (χ2n) is 7.47. The summed E-state index contributed by atoms with van der Waals surface area (Å²) in [5, 5.41) is 12.7. The van der Waals surface area contributed by atoms with Gasteiger partial charge in [-0.3, -0.25) is 0 Å². The van der Waals surface area contributed by atoms with Crippen LogP contribution in [0.15, 0.2) is 48.9 Å². The fraction of sp³-hybridized carbons (Fsp3) is 0.333. The zero-order chi connectivity index (χ0) is 19.6. The second kappa shape index (κ2) is 7.54. The van der Waals surface area contributed by atoms with Gasteiger partial charge in [0.2, 0.25) is 5.95 Å². The molecule has 0 saturated carbocycles. The Morgan fingerprint density at radius 3 is 2.66 bits per heavy atom. The van der Waals surface area contributed by atoms with Crippen LogP contribution in [-0.4, -0.2) is 47.9 Å². The Morgan fingerprint density at radius 2 is 1.83 bits per heavy atom. The minimum absolute atomic E-state index is 0.487. The van der Waals surface area contributed by atoms with Gasteiger partial charge in [-0.05, 0) is 43.7 Å². The van der Waals surface area contributed by atoms with Crippen LogP contribution in [0.3, 0.4) is 0 Å². The van der Waals surface area contributed by atoms with E-state index in [9.17, 15) is 0 Å². The maximum absolute atomic E-state index is 4.78. The number of piperidine rings is 1. The molecule has 1 aromatic carbocycles. The third-order valence-corrected chi connectivity index (χ3v) is 5.58. The first-order valence-electron chi connectivity index (χ1n) is 9.93. The highest BCUT2D eigenvalue weighted by molar-refractivity contribution is 5.58. The number of hydrogen-bond donors (Lipinski definition) is 0. The standard InChI is InChI=1S/C21H22N8/c1-15-19(26-27-21-23-14-24-29(15)21)18-7-10-22-20(25-18)28-11-8-17(9-12-28)13-16-5-3-2-4-6-16/h2-7,10,14,17H,8-9,11-13H2,1H3. The van der Waals surface area contributed by atoms with Gasteiger partial charge in [-0.15, -0.1) is 10.2 Å². The SMILES string of the molecule is Cc1c(-c2ccnc(N3CCC(Cc4ccccc4)CC3)n2)nnc2ncnn12. The molecule has 0 N–H and O–H groups in total. The zero-order valence-electron chi connectivity index (χ0n) is 16.3. The lowest BCUT2D eigenvalue weighted by atomic mass is 9.90. The number of hydrogen-bond acceptors (Lipinski definition) is 7. The summed E-state index contributed by atoms with van der Waals surface area (Å²) in [7, 11) is 0. The minimum atomic E-state index is 0.487. The summed E-state index contributed by atoms with van der Waals surface area (Å²) in [6.07, 6.45) is 6.70. The molecule has 1 aliphatic rings. The molecule has 8 nitrogen and oxygen atoms in total. The van der Waals surface area contributed by atoms with Crippen molar-refractivity contribution in [2.45, 2.75) is 26.2 Å². The van der Waals surface area contributed by atoms with Crippen molar-refractivity contribution in [1.82, 2.24) is 34.8 Å². The molecule has 1 aliphatic heterocycles. The van der Waals surface area contributed by atoms with Gasteiger partial charge >= 0.3 is 0 Å². The summed E-state index contributed by atoms with van der Waals surface area (Å²) in [6.45, 7) is 3.88. The molecular weight excluding hydrogens is 364 g/mol. The molecule has 1 fully saturated rings. The summed E-state index contributed by atoms with van der Waals surface area (Å²) in [5.41, 5.74) is 3.73. The van der Waals surface area contributed by atoms with Gasteiger partial charge in [0.25, 0.3) is 5.78 Å². The first-order chi connectivity index (χ1) is 14.3. The van der Waals surface area contributed by atoms with E-state index in [0.29, 0.717) is 17.4 Å². The quantitative estimate of drug-likeness (QED) is 0.533. The van der Waals surface area contributed by atoms with Crippen LogP contribution in [0.5, 0.6) is 0 Å². The fourth-order valence-electron chi connectivity index (χ4n) is 3.96. The number of rotatable bonds is 4. The molecule has 0 bridgehead atoms. The molecule has 0 spiro atoms. The lowest BCUT2D eigenvalue weighted by molar-refractivity contribution is 0.400. The van der Waals surface area contributed by atoms with Gasteiger partial charge < -0.3 is 4.90 Å². The van der Waals surface area contributed by atoms with E-state index in [2.05, 4.69) is 60.5 Å². The molecular formula is C21H22N8. The van der Waals surface area contributed by atoms with Gasteiger partial charge in [-0.1, -0.05) is 30.3 Å². The molecule has 5 rings (SSSR count). The molecule has 0 unspecified atom stereocenters. The average molecular weight is 386 g/mol. The summed E-state index contributed by atoms with van der Waals surface area (Å²) in [6, 6.07) is 12.6. The van der Waals surface area contributed by atoms with Gasteiger partial charge in [0.05, 0.1) is 11.4 Å². The maximum atomic E-state index is 4.78. The zero-order valence-corrected chi connectivity index (χ0v) is 16.3. The van der Waals surface area contributed by atoms with Crippen LogP contribution in [-0.2, 0) is 6.42 Å². The number of aromatic nitrogens is 7. The lowest BCUT2D eigenvalue weighted by Crippen LogP contribution is -2.35. The van der Waals surface area contributed by atoms with Crippen LogP contribution in [0.25, 0.3) is 17.2 Å². The molecule has 3 aromatic heterocycles. The van der Waals surface area contributed by atoms with Crippen LogP contribution < -0.4 is 4.90 Å². The molecule has 0 atom stereocenters. The molecule has 4 aromatic rings. The lowest BCUT2D eigenvalue weighted by Gasteiger charge is -2.32. The predicted octanol–water partition coefficient (Wildman–Crippen LogP) is 2.74. The largest absolute Gasteiger partial charge is 0.341 e. The molecule has 0 aliphatic carbocycles. The van der Waals surface area contributed by atoms with Crippen molar-refractivity contribution < 1.29 is 0 Å². The Labute approximate surface area is 168 Å². The van der Waals surface area contributed by atoms with E-state index in [1.54, 1.807) is 10.7 Å². The third kappa shape index (κ3) is 3.53. The van der Waals surface area contributed by atoms with Crippen LogP contribution in [0.4, 0.5) is 5.95 Å². The summed E-state index contributed by atoms with van der Waals surface area (Å²) in [4.78, 5) is 15.6. The van der Waals surface area contributed by atoms with E-state index in [0.717, 1.165) is 49.7 Å². The summed E-state index contributed by atoms with van der Waals surface area (Å²) >= 11 is 0. The minimum Gasteiger partial charge on any atom is -0.341 e. The van der Waals surface area contributed by atoms with Gasteiger partial charge in [0.1, 0.15) is 12.0 Å². The van der Waals surface area contributed by atoms with Gasteiger partial charge in [-0.25, -0.2) is 9.97 Å². The van der Waals surface area contributed by atoms with Crippen molar-refractivity contribution in [2.75, 3.05) is 18.0 Å². The molecule has 0 amide bonds. The Morgan fingerprint density at radius 1 is 1.00 bits per heavy atom. The van der Waals surface area contributed by atoms with Crippen molar-refractivity contribution in [3.05, 3.63) is 60.2 Å². The van der Waals surface area contributed by atoms with E-state index in [1.807, 2.05) is 13.0 Å². The highest BCUT2D eigenvalue weighted by Gasteiger charge is 2.22. The Balaban J connectivity index is 1.32. The molecule has 4 heterocycles. The van der Waals surface area contributed by atoms with Crippen molar-refractivity contribution in [3.63, 3.8) is 0 Å². The smallest absolute Gasteiger partial charge is 0.271 e. The van der Waals surface area contributed by atoms with Crippen LogP contribution >= 0.6 is 0 Å². The van der Waals surface area contributed by atoms with E-state index < -0.39 is 0 Å². The maximum Gasteiger partial charge on any atom is 0.271 e. The van der Waals surface area contributed by atoms with Crippen molar-refractivity contribution in [3.8, 4) is 11.4 Å². The average Bonchev–Trinajstić information content (AvgIpc) is 3.25. The van der Waals surface area contributed by atoms with E-state index in [1.165, 1.54) is 11.9 Å². The van der Waals surface area contributed by atoms with Crippen LogP contribution in [0.2, 0.25) is 0 Å². The predicted molar refractivity (Wildman–Crippen MR) is 109 cm³/mol.